The lowest BCUT2D eigenvalue weighted by molar-refractivity contribution is 0.0956. The number of rotatable bonds is 2. The summed E-state index contributed by atoms with van der Waals surface area (Å²) >= 11 is 0. The minimum Gasteiger partial charge on any atom is -0.396 e. The van der Waals surface area contributed by atoms with E-state index in [1.54, 1.807) is 6.07 Å². The van der Waals surface area contributed by atoms with Crippen LogP contribution in [-0.4, -0.2) is 5.78 Å². The Hall–Kier alpha value is -1.38. The van der Waals surface area contributed by atoms with Gasteiger partial charge in [-0.25, -0.2) is 4.39 Å². The molecular weight excluding hydrogens is 217 g/mol. The number of nitrogens with two attached hydrogens (primary N) is 1. The number of hydrogen-bond donors (Lipinski definition) is 1. The molecule has 0 radical (unpaired) electrons. The molecule has 17 heavy (non-hydrogen) atoms. The highest BCUT2D eigenvalue weighted by molar-refractivity contribution is 6.00. The fraction of sp³-hybridized carbons (Fsp3) is 0.500. The van der Waals surface area contributed by atoms with E-state index in [1.165, 1.54) is 37.8 Å². The van der Waals surface area contributed by atoms with Gasteiger partial charge in [0.05, 0.1) is 5.69 Å². The standard InChI is InChI=1S/C14H16FNO/c15-11-7-8(5-6-12(11)16)14(17)13-9-3-1-2-4-10(9)13/h5-7,9-10,13H,1-4,16H2. The van der Waals surface area contributed by atoms with Crippen molar-refractivity contribution in [3.63, 3.8) is 0 Å². The maximum atomic E-state index is 13.3. The van der Waals surface area contributed by atoms with Crippen molar-refractivity contribution in [1.29, 1.82) is 0 Å². The maximum Gasteiger partial charge on any atom is 0.166 e. The highest BCUT2D eigenvalue weighted by Crippen LogP contribution is 2.56. The summed E-state index contributed by atoms with van der Waals surface area (Å²) in [5.74, 6) is 0.912. The number of carbonyl (C=O) groups excluding carboxylic acids is 1. The number of carbonyl (C=O) groups is 1. The number of ketones is 1. The van der Waals surface area contributed by atoms with Crippen molar-refractivity contribution in [2.24, 2.45) is 17.8 Å². The third-order valence-corrected chi connectivity index (χ3v) is 4.24. The molecule has 0 heterocycles. The van der Waals surface area contributed by atoms with E-state index in [0.29, 0.717) is 17.4 Å². The number of nitrogen functional groups attached to an aromatic ring is 1. The molecule has 0 aromatic heterocycles. The van der Waals surface area contributed by atoms with Crippen molar-refractivity contribution < 1.29 is 9.18 Å². The third-order valence-electron chi connectivity index (χ3n) is 4.24. The molecule has 0 saturated heterocycles. The zero-order chi connectivity index (χ0) is 12.0. The first-order valence-corrected chi connectivity index (χ1v) is 6.27. The minimum absolute atomic E-state index is 0.106. The molecule has 2 aliphatic carbocycles. The molecule has 1 aromatic rings. The zero-order valence-electron chi connectivity index (χ0n) is 9.66. The Morgan fingerprint density at radius 3 is 2.47 bits per heavy atom. The maximum absolute atomic E-state index is 13.3. The van der Waals surface area contributed by atoms with Crippen LogP contribution in [0.5, 0.6) is 0 Å². The van der Waals surface area contributed by atoms with Crippen molar-refractivity contribution in [2.75, 3.05) is 5.73 Å². The summed E-state index contributed by atoms with van der Waals surface area (Å²) in [6, 6.07) is 4.40. The molecule has 2 N–H and O–H groups in total. The van der Waals surface area contributed by atoms with Gasteiger partial charge >= 0.3 is 0 Å². The molecule has 0 amide bonds. The van der Waals surface area contributed by atoms with Crippen molar-refractivity contribution in [1.82, 2.24) is 0 Å². The average molecular weight is 233 g/mol. The SMILES string of the molecule is Nc1ccc(C(=O)C2C3CCCCC32)cc1F. The average Bonchev–Trinajstić information content (AvgIpc) is 3.06. The summed E-state index contributed by atoms with van der Waals surface area (Å²) in [4.78, 5) is 12.2. The van der Waals surface area contributed by atoms with Crippen LogP contribution in [0.1, 0.15) is 36.0 Å². The smallest absolute Gasteiger partial charge is 0.166 e. The Bertz CT molecular complexity index is 459. The molecular formula is C14H16FNO. The summed E-state index contributed by atoms with van der Waals surface area (Å²) in [7, 11) is 0. The normalized spacial score (nSPS) is 30.8. The van der Waals surface area contributed by atoms with Gasteiger partial charge < -0.3 is 5.73 Å². The van der Waals surface area contributed by atoms with E-state index >= 15 is 0 Å². The number of benzene rings is 1. The highest BCUT2D eigenvalue weighted by Gasteiger charge is 2.54. The van der Waals surface area contributed by atoms with Crippen LogP contribution in [0, 0.1) is 23.6 Å². The molecule has 0 aliphatic heterocycles. The van der Waals surface area contributed by atoms with Crippen LogP contribution in [0.15, 0.2) is 18.2 Å². The minimum atomic E-state index is -0.487. The van der Waals surface area contributed by atoms with Gasteiger partial charge in [-0.15, -0.1) is 0 Å². The van der Waals surface area contributed by atoms with Crippen LogP contribution in [0.3, 0.4) is 0 Å². The Balaban J connectivity index is 1.80. The van der Waals surface area contributed by atoms with E-state index in [9.17, 15) is 9.18 Å². The summed E-state index contributed by atoms with van der Waals surface area (Å²) in [5, 5.41) is 0. The largest absolute Gasteiger partial charge is 0.396 e. The van der Waals surface area contributed by atoms with Crippen LogP contribution >= 0.6 is 0 Å². The molecule has 2 saturated carbocycles. The van der Waals surface area contributed by atoms with Gasteiger partial charge in [0.1, 0.15) is 5.82 Å². The van der Waals surface area contributed by atoms with Crippen LogP contribution in [-0.2, 0) is 0 Å². The quantitative estimate of drug-likeness (QED) is 0.630. The second kappa shape index (κ2) is 3.83. The molecule has 3 rings (SSSR count). The van der Waals surface area contributed by atoms with Gasteiger partial charge in [0.15, 0.2) is 5.78 Å². The lowest BCUT2D eigenvalue weighted by Gasteiger charge is -2.04. The predicted octanol–water partition coefficient (Wildman–Crippen LogP) is 3.03. The van der Waals surface area contributed by atoms with Crippen LogP contribution in [0.2, 0.25) is 0 Å². The van der Waals surface area contributed by atoms with Gasteiger partial charge in [-0.05, 0) is 42.9 Å². The van der Waals surface area contributed by atoms with E-state index in [0.717, 1.165) is 0 Å². The van der Waals surface area contributed by atoms with Gasteiger partial charge in [0.2, 0.25) is 0 Å². The lowest BCUT2D eigenvalue weighted by atomic mass is 10.0. The molecule has 2 nitrogen and oxygen atoms in total. The number of anilines is 1. The monoisotopic (exact) mass is 233 g/mol. The van der Waals surface area contributed by atoms with E-state index in [-0.39, 0.29) is 17.4 Å². The fourth-order valence-corrected chi connectivity index (χ4v) is 3.25. The Morgan fingerprint density at radius 1 is 1.24 bits per heavy atom. The number of hydrogen-bond acceptors (Lipinski definition) is 2. The van der Waals surface area contributed by atoms with Crippen molar-refractivity contribution in [2.45, 2.75) is 25.7 Å². The molecule has 2 unspecified atom stereocenters. The lowest BCUT2D eigenvalue weighted by Crippen LogP contribution is -2.05. The fourth-order valence-electron chi connectivity index (χ4n) is 3.25. The van der Waals surface area contributed by atoms with Gasteiger partial charge in [0, 0.05) is 11.5 Å². The van der Waals surface area contributed by atoms with Crippen LogP contribution in [0.25, 0.3) is 0 Å². The van der Waals surface area contributed by atoms with Crippen LogP contribution < -0.4 is 5.73 Å². The molecule has 2 atom stereocenters. The molecule has 3 heteroatoms. The highest BCUT2D eigenvalue weighted by atomic mass is 19.1. The summed E-state index contributed by atoms with van der Waals surface area (Å²) in [6.45, 7) is 0. The number of Topliss-reactive ketones (excluding diaryl/α,β-unsaturated/α-hetero) is 1. The topological polar surface area (TPSA) is 43.1 Å². The molecule has 0 bridgehead atoms. The molecule has 90 valence electrons. The van der Waals surface area contributed by atoms with E-state index in [2.05, 4.69) is 0 Å². The van der Waals surface area contributed by atoms with E-state index in [4.69, 9.17) is 5.73 Å². The Morgan fingerprint density at radius 2 is 1.88 bits per heavy atom. The second-order valence-corrected chi connectivity index (χ2v) is 5.24. The molecule has 0 spiro atoms. The van der Waals surface area contributed by atoms with Gasteiger partial charge in [-0.2, -0.15) is 0 Å². The van der Waals surface area contributed by atoms with Crippen molar-refractivity contribution in [3.05, 3.63) is 29.6 Å². The van der Waals surface area contributed by atoms with Gasteiger partial charge in [0.25, 0.3) is 0 Å². The zero-order valence-corrected chi connectivity index (χ0v) is 9.66. The third kappa shape index (κ3) is 1.74. The van der Waals surface area contributed by atoms with Gasteiger partial charge in [-0.3, -0.25) is 4.79 Å². The molecule has 2 fully saturated rings. The summed E-state index contributed by atoms with van der Waals surface area (Å²) < 4.78 is 13.3. The van der Waals surface area contributed by atoms with Crippen LogP contribution in [0.4, 0.5) is 10.1 Å². The van der Waals surface area contributed by atoms with Crippen molar-refractivity contribution in [3.8, 4) is 0 Å². The van der Waals surface area contributed by atoms with E-state index in [1.807, 2.05) is 0 Å². The van der Waals surface area contributed by atoms with Crippen molar-refractivity contribution >= 4 is 11.5 Å². The first kappa shape index (κ1) is 10.8. The predicted molar refractivity (Wildman–Crippen MR) is 64.1 cm³/mol. The second-order valence-electron chi connectivity index (χ2n) is 5.24. The summed E-state index contributed by atoms with van der Waals surface area (Å²) in [6.07, 6.45) is 4.80. The first-order valence-electron chi connectivity index (χ1n) is 6.27. The Kier molecular flexibility index (Phi) is 2.42. The number of halogens is 1. The Labute approximate surface area is 100 Å². The first-order chi connectivity index (χ1) is 8.18. The molecule has 2 aliphatic rings. The van der Waals surface area contributed by atoms with E-state index < -0.39 is 5.82 Å². The summed E-state index contributed by atoms with van der Waals surface area (Å²) in [5.41, 5.74) is 6.00. The molecule has 1 aromatic carbocycles. The number of fused-ring (bicyclic) bond motifs is 1. The van der Waals surface area contributed by atoms with Gasteiger partial charge in [-0.1, -0.05) is 12.8 Å².